The number of hydrogen-bond acceptors (Lipinski definition) is 13. The molecule has 55 heavy (non-hydrogen) atoms. The predicted octanol–water partition coefficient (Wildman–Crippen LogP) is 5.45. The number of esters is 3. The molecule has 3 aromatic carbocycles. The summed E-state index contributed by atoms with van der Waals surface area (Å²) in [5.41, 5.74) is 0.436. The van der Waals surface area contributed by atoms with Crippen molar-refractivity contribution in [3.8, 4) is 0 Å². The van der Waals surface area contributed by atoms with Crippen LogP contribution < -0.4 is 0 Å². The number of hydrogen-bond donors (Lipinski definition) is 0. The second kappa shape index (κ2) is 17.3. The summed E-state index contributed by atoms with van der Waals surface area (Å²) in [6.45, 7) is 11.3. The lowest BCUT2D eigenvalue weighted by molar-refractivity contribution is -0.239. The van der Waals surface area contributed by atoms with Crippen LogP contribution in [0.1, 0.15) is 65.2 Å². The van der Waals surface area contributed by atoms with Crippen molar-refractivity contribution in [1.29, 1.82) is 0 Å². The minimum absolute atomic E-state index is 0.116. The molecule has 0 spiro atoms. The van der Waals surface area contributed by atoms with Crippen LogP contribution in [0.5, 0.6) is 0 Å². The molecule has 298 valence electrons. The molecule has 0 aromatic heterocycles. The maximum atomic E-state index is 11.2. The first-order chi connectivity index (χ1) is 26.1. The largest absolute Gasteiger partial charge is 0.463 e. The van der Waals surface area contributed by atoms with Gasteiger partial charge in [-0.15, -0.1) is 0 Å². The van der Waals surface area contributed by atoms with Crippen molar-refractivity contribution in [3.63, 3.8) is 0 Å². The molecule has 0 aliphatic carbocycles. The highest BCUT2D eigenvalue weighted by molar-refractivity contribution is 5.67. The minimum Gasteiger partial charge on any atom is -0.463 e. The van der Waals surface area contributed by atoms with Crippen LogP contribution >= 0.6 is 0 Å². The van der Waals surface area contributed by atoms with E-state index in [1.807, 2.05) is 75.4 Å². The number of rotatable bonds is 12. The lowest BCUT2D eigenvalue weighted by Gasteiger charge is -2.39. The van der Waals surface area contributed by atoms with E-state index in [1.165, 1.54) is 27.9 Å². The van der Waals surface area contributed by atoms with Gasteiger partial charge in [0.05, 0.1) is 6.61 Å². The normalized spacial score (nSPS) is 29.4. The Balaban J connectivity index is 0.000000239. The molecule has 0 saturated carbocycles. The molecule has 3 aliphatic rings. The first-order valence-electron chi connectivity index (χ1n) is 18.1. The third-order valence-corrected chi connectivity index (χ3v) is 10.2. The van der Waals surface area contributed by atoms with Gasteiger partial charge >= 0.3 is 17.9 Å². The summed E-state index contributed by atoms with van der Waals surface area (Å²) >= 11 is 0. The molecule has 8 atom stereocenters. The fourth-order valence-electron chi connectivity index (χ4n) is 7.19. The Labute approximate surface area is 322 Å². The average Bonchev–Trinajstić information content (AvgIpc) is 3.71. The number of ether oxygens (including phenoxy) is 10. The van der Waals surface area contributed by atoms with E-state index in [2.05, 4.69) is 36.4 Å². The highest BCUT2D eigenvalue weighted by atomic mass is 16.8. The molecule has 13 nitrogen and oxygen atoms in total. The van der Waals surface area contributed by atoms with Crippen LogP contribution in [-0.4, -0.2) is 99.3 Å². The van der Waals surface area contributed by atoms with E-state index in [0.717, 1.165) is 16.7 Å². The zero-order valence-corrected chi connectivity index (χ0v) is 32.8. The predicted molar refractivity (Wildman–Crippen MR) is 197 cm³/mol. The molecule has 3 aromatic rings. The molecule has 3 heterocycles. The van der Waals surface area contributed by atoms with Gasteiger partial charge in [0.25, 0.3) is 0 Å². The summed E-state index contributed by atoms with van der Waals surface area (Å²) in [6, 6.07) is 30.9. The molecule has 3 fully saturated rings. The number of methoxy groups -OCH3 is 2. The Hall–Kier alpha value is -4.21. The first-order valence-corrected chi connectivity index (χ1v) is 18.1. The van der Waals surface area contributed by atoms with Crippen molar-refractivity contribution in [3.05, 3.63) is 108 Å². The van der Waals surface area contributed by atoms with Crippen LogP contribution in [0.4, 0.5) is 0 Å². The second-order valence-electron chi connectivity index (χ2n) is 14.4. The summed E-state index contributed by atoms with van der Waals surface area (Å²) in [6.07, 6.45) is -4.09. The van der Waals surface area contributed by atoms with Crippen molar-refractivity contribution in [1.82, 2.24) is 0 Å². The van der Waals surface area contributed by atoms with E-state index in [-0.39, 0.29) is 25.4 Å². The summed E-state index contributed by atoms with van der Waals surface area (Å²) in [7, 11) is 3.09. The minimum atomic E-state index is -1.13. The maximum absolute atomic E-state index is 11.2. The Bertz CT molecular complexity index is 1640. The first kappa shape index (κ1) is 41.9. The molecule has 0 N–H and O–H groups in total. The molecule has 3 aliphatic heterocycles. The second-order valence-corrected chi connectivity index (χ2v) is 14.4. The Morgan fingerprint density at radius 2 is 1.09 bits per heavy atom. The van der Waals surface area contributed by atoms with E-state index < -0.39 is 65.3 Å². The van der Waals surface area contributed by atoms with Crippen molar-refractivity contribution in [2.75, 3.05) is 27.4 Å². The molecule has 0 bridgehead atoms. The lowest BCUT2D eigenvalue weighted by atomic mass is 9.80. The van der Waals surface area contributed by atoms with Gasteiger partial charge in [0.15, 0.2) is 18.2 Å². The van der Waals surface area contributed by atoms with Crippen molar-refractivity contribution in [2.24, 2.45) is 0 Å². The smallest absolute Gasteiger partial charge is 0.305 e. The fraction of sp³-hybridized carbons (Fsp3) is 0.500. The fourth-order valence-corrected chi connectivity index (χ4v) is 7.19. The molecule has 6 rings (SSSR count). The highest BCUT2D eigenvalue weighted by Crippen LogP contribution is 2.47. The van der Waals surface area contributed by atoms with E-state index in [9.17, 15) is 14.4 Å². The van der Waals surface area contributed by atoms with Gasteiger partial charge in [0, 0.05) is 35.0 Å². The molecule has 0 unspecified atom stereocenters. The van der Waals surface area contributed by atoms with E-state index in [0.29, 0.717) is 0 Å². The molecule has 13 heteroatoms. The zero-order valence-electron chi connectivity index (χ0n) is 32.8. The van der Waals surface area contributed by atoms with Gasteiger partial charge in [-0.1, -0.05) is 91.0 Å². The zero-order chi connectivity index (χ0) is 40.0. The Morgan fingerprint density at radius 1 is 0.618 bits per heavy atom. The Morgan fingerprint density at radius 3 is 1.53 bits per heavy atom. The summed E-state index contributed by atoms with van der Waals surface area (Å²) < 4.78 is 57.4. The van der Waals surface area contributed by atoms with Crippen molar-refractivity contribution < 1.29 is 61.8 Å². The monoisotopic (exact) mass is 764 g/mol. The van der Waals surface area contributed by atoms with Crippen LogP contribution in [0.15, 0.2) is 91.0 Å². The van der Waals surface area contributed by atoms with Gasteiger partial charge in [-0.25, -0.2) is 0 Å². The summed E-state index contributed by atoms with van der Waals surface area (Å²) in [4.78, 5) is 33.3. The number of benzene rings is 3. The SMILES string of the molecule is CO[C@]1(C)[C@@H](COC(C)=O)O[C@@H](OC(C)=O)[C@@H]1OC(C)=O.CO[C@]1(C)[C@@H](COC(c2ccccc2)(c2ccccc2)c2ccccc2)O[C@@H]2OC(C)(C)O[C@@H]21. The summed E-state index contributed by atoms with van der Waals surface area (Å²) in [5.74, 6) is -2.37. The third kappa shape index (κ3) is 8.94. The Kier molecular flexibility index (Phi) is 13.2. The molecular formula is C42H52O13. The molecule has 0 amide bonds. The highest BCUT2D eigenvalue weighted by Gasteiger charge is 2.62. The topological polar surface area (TPSA) is 144 Å². The van der Waals surface area contributed by atoms with Crippen molar-refractivity contribution in [2.45, 2.75) is 108 Å². The third-order valence-electron chi connectivity index (χ3n) is 10.2. The summed E-state index contributed by atoms with van der Waals surface area (Å²) in [5, 5.41) is 0. The van der Waals surface area contributed by atoms with Gasteiger partial charge in [-0.2, -0.15) is 0 Å². The molecule has 3 saturated heterocycles. The molecular weight excluding hydrogens is 712 g/mol. The molecule has 0 radical (unpaired) electrons. The average molecular weight is 765 g/mol. The number of carbonyl (C=O) groups excluding carboxylic acids is 3. The van der Waals surface area contributed by atoms with Crippen molar-refractivity contribution >= 4 is 17.9 Å². The van der Waals surface area contributed by atoms with E-state index in [4.69, 9.17) is 47.4 Å². The van der Waals surface area contributed by atoms with Gasteiger partial charge in [0.1, 0.15) is 41.7 Å². The van der Waals surface area contributed by atoms with E-state index >= 15 is 0 Å². The van der Waals surface area contributed by atoms with Crippen LogP contribution in [0, 0.1) is 0 Å². The lowest BCUT2D eigenvalue weighted by Crippen LogP contribution is -2.51. The van der Waals surface area contributed by atoms with Gasteiger partial charge in [0.2, 0.25) is 6.29 Å². The quantitative estimate of drug-likeness (QED) is 0.131. The number of carbonyl (C=O) groups is 3. The van der Waals surface area contributed by atoms with Crippen LogP contribution in [0.2, 0.25) is 0 Å². The standard InChI is InChI=1S/C29H32O5.C13H20O8/c1-27(2)33-25-26(34-27)32-24(28(25,3)30-4)20-31-29(21-14-8-5-9-15-21,22-16-10-6-11-17-22)23-18-12-7-13-19-23;1-7(14)18-6-10-13(4,17-5)11(19-8(2)15)12(21-10)20-9(3)16/h5-19,24-26H,20H2,1-4H3;10-12H,6H2,1-5H3/t24-,25+,26-,28-;10-,11+,12-,13-/m11/s1. The van der Waals surface area contributed by atoms with Gasteiger partial charge in [-0.05, 0) is 44.4 Å². The maximum Gasteiger partial charge on any atom is 0.305 e. The van der Waals surface area contributed by atoms with Gasteiger partial charge < -0.3 is 47.4 Å². The number of fused-ring (bicyclic) bond motifs is 1. The van der Waals surface area contributed by atoms with Crippen LogP contribution in [0.3, 0.4) is 0 Å². The van der Waals surface area contributed by atoms with Gasteiger partial charge in [-0.3, -0.25) is 14.4 Å². The van der Waals surface area contributed by atoms with Crippen LogP contribution in [0.25, 0.3) is 0 Å². The van der Waals surface area contributed by atoms with Crippen LogP contribution in [-0.2, 0) is 67.4 Å². The van der Waals surface area contributed by atoms with E-state index in [1.54, 1.807) is 14.0 Å².